The Balaban J connectivity index is 2.11. The van der Waals surface area contributed by atoms with Crippen molar-refractivity contribution in [3.8, 4) is 0 Å². The van der Waals surface area contributed by atoms with Gasteiger partial charge in [-0.15, -0.1) is 11.6 Å². The zero-order valence-corrected chi connectivity index (χ0v) is 19.4. The largest absolute Gasteiger partial charge is 0.387 e. The van der Waals surface area contributed by atoms with Crippen LogP contribution in [-0.4, -0.2) is 19.1 Å². The Kier molecular flexibility index (Phi) is 10.00. The van der Waals surface area contributed by atoms with E-state index in [0.29, 0.717) is 17.7 Å². The molecule has 0 aliphatic heterocycles. The molecule has 28 heavy (non-hydrogen) atoms. The zero-order chi connectivity index (χ0) is 20.5. The fourth-order valence-electron chi connectivity index (χ4n) is 4.23. The second-order valence-electron chi connectivity index (χ2n) is 8.77. The summed E-state index contributed by atoms with van der Waals surface area (Å²) in [6.45, 7) is 3.79. The Morgan fingerprint density at radius 2 is 1.18 bits per heavy atom. The van der Waals surface area contributed by atoms with Crippen molar-refractivity contribution in [2.45, 2.75) is 118 Å². The lowest BCUT2D eigenvalue weighted by Gasteiger charge is -2.40. The highest BCUT2D eigenvalue weighted by molar-refractivity contribution is 7.88. The summed E-state index contributed by atoms with van der Waals surface area (Å²) < 4.78 is 12.1. The fraction of sp³-hybridized carbons (Fsp3) is 0.750. The van der Waals surface area contributed by atoms with Crippen molar-refractivity contribution in [2.75, 3.05) is 0 Å². The van der Waals surface area contributed by atoms with Crippen molar-refractivity contribution in [3.05, 3.63) is 29.8 Å². The summed E-state index contributed by atoms with van der Waals surface area (Å²) in [6, 6.07) is 7.67. The normalized spacial score (nSPS) is 23.7. The van der Waals surface area contributed by atoms with Crippen LogP contribution in [0.3, 0.4) is 0 Å². The highest BCUT2D eigenvalue weighted by Crippen LogP contribution is 2.42. The molecule has 160 valence electrons. The molecule has 4 heteroatoms. The molecular formula is C24H39ClO2S. The first-order valence-electron chi connectivity index (χ1n) is 11.3. The van der Waals surface area contributed by atoms with Crippen LogP contribution in [0.1, 0.15) is 102 Å². The van der Waals surface area contributed by atoms with Crippen LogP contribution in [0, 0.1) is 6.92 Å². The SMILES string of the molecule is Cc1ccc(S(=O)C(C)(Cl)C2(O)CCCCCCCCCCCCCC2)cc1. The second kappa shape index (κ2) is 11.7. The summed E-state index contributed by atoms with van der Waals surface area (Å²) in [4.78, 5) is 0.701. The predicted octanol–water partition coefficient (Wildman–Crippen LogP) is 7.26. The summed E-state index contributed by atoms with van der Waals surface area (Å²) in [5.41, 5.74) is 0.0226. The molecule has 0 aromatic heterocycles. The Labute approximate surface area is 179 Å². The molecule has 0 radical (unpaired) electrons. The summed E-state index contributed by atoms with van der Waals surface area (Å²) >= 11 is 6.91. The molecule has 1 saturated carbocycles. The van der Waals surface area contributed by atoms with Crippen LogP contribution < -0.4 is 0 Å². The molecular weight excluding hydrogens is 388 g/mol. The van der Waals surface area contributed by atoms with E-state index >= 15 is 0 Å². The number of halogens is 1. The molecule has 1 aliphatic rings. The van der Waals surface area contributed by atoms with E-state index in [1.165, 1.54) is 51.4 Å². The van der Waals surface area contributed by atoms with Gasteiger partial charge in [0.15, 0.2) is 0 Å². The molecule has 0 bridgehead atoms. The lowest BCUT2D eigenvalue weighted by Crippen LogP contribution is -2.51. The Hall–Kier alpha value is -0.380. The van der Waals surface area contributed by atoms with Gasteiger partial charge < -0.3 is 5.11 Å². The summed E-state index contributed by atoms with van der Waals surface area (Å²) in [5, 5.41) is 11.6. The first-order chi connectivity index (χ1) is 13.4. The third kappa shape index (κ3) is 6.85. The quantitative estimate of drug-likeness (QED) is 0.516. The van der Waals surface area contributed by atoms with Crippen LogP contribution in [-0.2, 0) is 10.8 Å². The van der Waals surface area contributed by atoms with Crippen molar-refractivity contribution in [3.63, 3.8) is 0 Å². The maximum absolute atomic E-state index is 13.3. The molecule has 2 nitrogen and oxygen atoms in total. The number of aliphatic hydroxyl groups is 1. The lowest BCUT2D eigenvalue weighted by atomic mass is 9.86. The number of benzene rings is 1. The lowest BCUT2D eigenvalue weighted by molar-refractivity contribution is 0.00687. The summed E-state index contributed by atoms with van der Waals surface area (Å²) in [6.07, 6.45) is 15.8. The predicted molar refractivity (Wildman–Crippen MR) is 121 cm³/mol. The van der Waals surface area contributed by atoms with Crippen LogP contribution in [0.5, 0.6) is 0 Å². The van der Waals surface area contributed by atoms with Crippen molar-refractivity contribution in [2.24, 2.45) is 0 Å². The second-order valence-corrected chi connectivity index (χ2v) is 11.6. The van der Waals surface area contributed by atoms with Crippen LogP contribution in [0.4, 0.5) is 0 Å². The monoisotopic (exact) mass is 426 g/mol. The third-order valence-corrected chi connectivity index (χ3v) is 8.89. The smallest absolute Gasteiger partial charge is 0.149 e. The molecule has 2 unspecified atom stereocenters. The van der Waals surface area contributed by atoms with E-state index in [0.717, 1.165) is 31.2 Å². The summed E-state index contributed by atoms with van der Waals surface area (Å²) in [7, 11) is -1.46. The maximum Gasteiger partial charge on any atom is 0.149 e. The molecule has 2 rings (SSSR count). The van der Waals surface area contributed by atoms with Crippen LogP contribution in [0.25, 0.3) is 0 Å². The van der Waals surface area contributed by atoms with Crippen molar-refractivity contribution in [1.29, 1.82) is 0 Å². The number of alkyl halides is 1. The van der Waals surface area contributed by atoms with E-state index in [-0.39, 0.29) is 0 Å². The molecule has 1 aliphatic carbocycles. The Morgan fingerprint density at radius 1 is 0.821 bits per heavy atom. The highest BCUT2D eigenvalue weighted by atomic mass is 35.5. The van der Waals surface area contributed by atoms with Crippen LogP contribution in [0.15, 0.2) is 29.2 Å². The van der Waals surface area contributed by atoms with Gasteiger partial charge in [0.1, 0.15) is 4.21 Å². The molecule has 1 aromatic rings. The number of hydrogen-bond donors (Lipinski definition) is 1. The van der Waals surface area contributed by atoms with E-state index in [2.05, 4.69) is 0 Å². The van der Waals surface area contributed by atoms with Gasteiger partial charge in [-0.1, -0.05) is 94.7 Å². The minimum atomic E-state index is -1.46. The molecule has 0 amide bonds. The van der Waals surface area contributed by atoms with Gasteiger partial charge in [0.05, 0.1) is 16.4 Å². The van der Waals surface area contributed by atoms with Gasteiger partial charge in [0, 0.05) is 4.90 Å². The van der Waals surface area contributed by atoms with Gasteiger partial charge >= 0.3 is 0 Å². The minimum absolute atomic E-state index is 0.630. The number of aryl methyl sites for hydroxylation is 1. The molecule has 1 N–H and O–H groups in total. The third-order valence-electron chi connectivity index (χ3n) is 6.35. The first kappa shape index (κ1) is 23.9. The maximum atomic E-state index is 13.3. The van der Waals surface area contributed by atoms with Gasteiger partial charge in [0.2, 0.25) is 0 Å². The zero-order valence-electron chi connectivity index (χ0n) is 17.9. The number of rotatable bonds is 3. The highest BCUT2D eigenvalue weighted by Gasteiger charge is 2.49. The summed E-state index contributed by atoms with van der Waals surface area (Å²) in [5.74, 6) is 0. The average Bonchev–Trinajstić information content (AvgIpc) is 2.68. The Bertz CT molecular complexity index is 581. The fourth-order valence-corrected chi connectivity index (χ4v) is 6.06. The van der Waals surface area contributed by atoms with Crippen molar-refractivity contribution in [1.82, 2.24) is 0 Å². The standard InChI is InChI=1S/C24H39ClO2S/c1-21-15-17-22(18-16-21)28(27)23(2,25)24(26)19-13-11-9-7-5-3-4-6-8-10-12-14-20-24/h15-18,26H,3-14,19-20H2,1-2H3. The van der Waals surface area contributed by atoms with E-state index in [9.17, 15) is 9.32 Å². The molecule has 2 atom stereocenters. The topological polar surface area (TPSA) is 37.3 Å². The molecule has 1 fully saturated rings. The van der Waals surface area contributed by atoms with Gasteiger partial charge in [-0.3, -0.25) is 4.21 Å². The van der Waals surface area contributed by atoms with E-state index < -0.39 is 20.6 Å². The first-order valence-corrected chi connectivity index (χ1v) is 12.8. The van der Waals surface area contributed by atoms with E-state index in [1.807, 2.05) is 31.2 Å². The van der Waals surface area contributed by atoms with Crippen LogP contribution >= 0.6 is 11.6 Å². The average molecular weight is 427 g/mol. The molecule has 0 saturated heterocycles. The molecule has 0 spiro atoms. The van der Waals surface area contributed by atoms with Gasteiger partial charge in [-0.05, 0) is 38.8 Å². The molecule has 0 heterocycles. The van der Waals surface area contributed by atoms with Crippen molar-refractivity contribution < 1.29 is 9.32 Å². The van der Waals surface area contributed by atoms with E-state index in [1.54, 1.807) is 6.92 Å². The van der Waals surface area contributed by atoms with Gasteiger partial charge in [-0.2, -0.15) is 0 Å². The minimum Gasteiger partial charge on any atom is -0.387 e. The molecule has 1 aromatic carbocycles. The Morgan fingerprint density at radius 3 is 1.57 bits per heavy atom. The van der Waals surface area contributed by atoms with Crippen LogP contribution in [0.2, 0.25) is 0 Å². The van der Waals surface area contributed by atoms with Gasteiger partial charge in [0.25, 0.3) is 0 Å². The van der Waals surface area contributed by atoms with Gasteiger partial charge in [-0.25, -0.2) is 0 Å². The van der Waals surface area contributed by atoms with Crippen molar-refractivity contribution >= 4 is 22.4 Å². The van der Waals surface area contributed by atoms with E-state index in [4.69, 9.17) is 11.6 Å². The number of hydrogen-bond acceptors (Lipinski definition) is 2.